The molecule has 1 fully saturated rings. The summed E-state index contributed by atoms with van der Waals surface area (Å²) in [4.78, 5) is 21.8. The van der Waals surface area contributed by atoms with Gasteiger partial charge in [0.2, 0.25) is 5.82 Å². The van der Waals surface area contributed by atoms with Gasteiger partial charge in [-0.25, -0.2) is 4.79 Å². The first-order valence-corrected chi connectivity index (χ1v) is 6.08. The Morgan fingerprint density at radius 3 is 2.55 bits per heavy atom. The fourth-order valence-corrected chi connectivity index (χ4v) is 2.13. The molecule has 20 heavy (non-hydrogen) atoms. The molecule has 0 aliphatic carbocycles. The first kappa shape index (κ1) is 14.0. The maximum atomic E-state index is 13.5. The molecule has 0 atom stereocenters. The Labute approximate surface area is 114 Å². The lowest BCUT2D eigenvalue weighted by Crippen LogP contribution is -2.35. The average Bonchev–Trinajstić information content (AvgIpc) is 2.39. The van der Waals surface area contributed by atoms with E-state index in [1.54, 1.807) is 6.08 Å². The number of carbonyl (C=O) groups is 1. The van der Waals surface area contributed by atoms with E-state index in [1.165, 1.54) is 11.0 Å². The highest BCUT2D eigenvalue weighted by Gasteiger charge is 2.18. The second kappa shape index (κ2) is 5.68. The topological polar surface area (TPSA) is 83.7 Å². The predicted molar refractivity (Wildman–Crippen MR) is 69.9 cm³/mol. The summed E-state index contributed by atoms with van der Waals surface area (Å²) in [5.74, 6) is -0.868. The van der Waals surface area contributed by atoms with Crippen LogP contribution in [0.1, 0.15) is 18.4 Å². The van der Waals surface area contributed by atoms with Crippen molar-refractivity contribution in [3.05, 3.63) is 45.3 Å². The molecule has 0 aromatic heterocycles. The Bertz CT molecular complexity index is 576. The van der Waals surface area contributed by atoms with Crippen LogP contribution in [0.15, 0.2) is 23.8 Å². The van der Waals surface area contributed by atoms with Crippen LogP contribution in [0.25, 0.3) is 6.08 Å². The van der Waals surface area contributed by atoms with Gasteiger partial charge in [-0.05, 0) is 30.5 Å². The summed E-state index contributed by atoms with van der Waals surface area (Å²) in [6.07, 6.45) is 1.99. The number of amides is 1. The van der Waals surface area contributed by atoms with Crippen LogP contribution in [-0.4, -0.2) is 34.1 Å². The first-order valence-electron chi connectivity index (χ1n) is 6.08. The van der Waals surface area contributed by atoms with Gasteiger partial charge in [0.05, 0.1) is 4.92 Å². The molecule has 1 aliphatic heterocycles. The van der Waals surface area contributed by atoms with E-state index in [9.17, 15) is 19.3 Å². The number of rotatable bonds is 2. The van der Waals surface area contributed by atoms with E-state index in [-0.39, 0.29) is 0 Å². The predicted octanol–water partition coefficient (Wildman–Crippen LogP) is 2.89. The van der Waals surface area contributed by atoms with Crippen LogP contribution in [0.2, 0.25) is 0 Å². The smallest absolute Gasteiger partial charge is 0.407 e. The highest BCUT2D eigenvalue weighted by Crippen LogP contribution is 2.23. The van der Waals surface area contributed by atoms with Crippen LogP contribution in [0.3, 0.4) is 0 Å². The number of benzene rings is 1. The maximum absolute atomic E-state index is 13.5. The van der Waals surface area contributed by atoms with Gasteiger partial charge in [0, 0.05) is 19.2 Å². The number of nitrogens with zero attached hydrogens (tertiary/aromatic N) is 2. The van der Waals surface area contributed by atoms with E-state index >= 15 is 0 Å². The SMILES string of the molecule is O=C(O)N1CCC(=Cc2ccc([N+](=O)[O-])c(F)c2)CC1. The molecule has 7 heteroatoms. The summed E-state index contributed by atoms with van der Waals surface area (Å²) < 4.78 is 13.5. The standard InChI is InChI=1S/C13H13FN2O4/c14-11-8-10(1-2-12(11)16(19)20)7-9-3-5-15(6-4-9)13(17)18/h1-2,7-8H,3-6H2,(H,17,18). The molecule has 1 amide bonds. The van der Waals surface area contributed by atoms with Gasteiger partial charge in [0.1, 0.15) is 0 Å². The normalized spacial score (nSPS) is 15.1. The fraction of sp³-hybridized carbons (Fsp3) is 0.308. The Morgan fingerprint density at radius 2 is 2.05 bits per heavy atom. The zero-order valence-corrected chi connectivity index (χ0v) is 10.6. The number of nitro groups is 1. The number of nitro benzene ring substituents is 1. The van der Waals surface area contributed by atoms with Crippen LogP contribution in [0, 0.1) is 15.9 Å². The van der Waals surface area contributed by atoms with Crippen molar-refractivity contribution < 1.29 is 19.2 Å². The van der Waals surface area contributed by atoms with Crippen LogP contribution in [-0.2, 0) is 0 Å². The highest BCUT2D eigenvalue weighted by molar-refractivity contribution is 5.65. The van der Waals surface area contributed by atoms with Crippen molar-refractivity contribution in [2.24, 2.45) is 0 Å². The highest BCUT2D eigenvalue weighted by atomic mass is 19.1. The van der Waals surface area contributed by atoms with Crippen molar-refractivity contribution in [2.75, 3.05) is 13.1 Å². The molecule has 0 unspecified atom stereocenters. The maximum Gasteiger partial charge on any atom is 0.407 e. The molecule has 0 bridgehead atoms. The fourth-order valence-electron chi connectivity index (χ4n) is 2.13. The van der Waals surface area contributed by atoms with Gasteiger partial charge in [0.25, 0.3) is 0 Å². The zero-order valence-electron chi connectivity index (χ0n) is 10.6. The molecule has 1 N–H and O–H groups in total. The molecule has 1 aromatic carbocycles. The van der Waals surface area contributed by atoms with Gasteiger partial charge in [-0.3, -0.25) is 10.1 Å². The molecule has 1 saturated heterocycles. The number of hydrogen-bond donors (Lipinski definition) is 1. The zero-order chi connectivity index (χ0) is 14.7. The molecule has 1 aliphatic rings. The van der Waals surface area contributed by atoms with E-state index in [0.29, 0.717) is 31.5 Å². The lowest BCUT2D eigenvalue weighted by Gasteiger charge is -2.25. The number of halogens is 1. The van der Waals surface area contributed by atoms with Gasteiger partial charge in [0.15, 0.2) is 0 Å². The third-order valence-corrected chi connectivity index (χ3v) is 3.22. The Hall–Kier alpha value is -2.44. The lowest BCUT2D eigenvalue weighted by atomic mass is 10.0. The van der Waals surface area contributed by atoms with Crippen LogP contribution >= 0.6 is 0 Å². The monoisotopic (exact) mass is 280 g/mol. The van der Waals surface area contributed by atoms with E-state index in [0.717, 1.165) is 17.7 Å². The lowest BCUT2D eigenvalue weighted by molar-refractivity contribution is -0.387. The summed E-state index contributed by atoms with van der Waals surface area (Å²) in [5.41, 5.74) is 1.01. The van der Waals surface area contributed by atoms with E-state index in [2.05, 4.69) is 0 Å². The van der Waals surface area contributed by atoms with Crippen LogP contribution < -0.4 is 0 Å². The van der Waals surface area contributed by atoms with Gasteiger partial charge in [-0.1, -0.05) is 11.6 Å². The summed E-state index contributed by atoms with van der Waals surface area (Å²) >= 11 is 0. The molecular weight excluding hydrogens is 267 g/mol. The minimum Gasteiger partial charge on any atom is -0.465 e. The molecular formula is C13H13FN2O4. The first-order chi connectivity index (χ1) is 9.47. The second-order valence-electron chi connectivity index (χ2n) is 4.54. The number of piperidine rings is 1. The minimum absolute atomic E-state index is 0.413. The summed E-state index contributed by atoms with van der Waals surface area (Å²) in [6, 6.07) is 3.74. The average molecular weight is 280 g/mol. The van der Waals surface area contributed by atoms with Crippen molar-refractivity contribution in [2.45, 2.75) is 12.8 Å². The third-order valence-electron chi connectivity index (χ3n) is 3.22. The van der Waals surface area contributed by atoms with Crippen molar-refractivity contribution in [3.8, 4) is 0 Å². The summed E-state index contributed by atoms with van der Waals surface area (Å²) in [6.45, 7) is 0.827. The third kappa shape index (κ3) is 3.11. The van der Waals surface area contributed by atoms with Crippen molar-refractivity contribution in [3.63, 3.8) is 0 Å². The molecule has 6 nitrogen and oxygen atoms in total. The largest absolute Gasteiger partial charge is 0.465 e. The Morgan fingerprint density at radius 1 is 1.40 bits per heavy atom. The summed E-state index contributed by atoms with van der Waals surface area (Å²) in [5, 5.41) is 19.3. The molecule has 2 rings (SSSR count). The Kier molecular flexibility index (Phi) is 3.97. The number of hydrogen-bond acceptors (Lipinski definition) is 3. The van der Waals surface area contributed by atoms with Crippen LogP contribution in [0.5, 0.6) is 0 Å². The minimum atomic E-state index is -0.939. The second-order valence-corrected chi connectivity index (χ2v) is 4.54. The van der Waals surface area contributed by atoms with E-state index < -0.39 is 22.5 Å². The van der Waals surface area contributed by atoms with Crippen molar-refractivity contribution in [1.29, 1.82) is 0 Å². The Balaban J connectivity index is 2.10. The van der Waals surface area contributed by atoms with E-state index in [4.69, 9.17) is 5.11 Å². The van der Waals surface area contributed by atoms with Crippen molar-refractivity contribution in [1.82, 2.24) is 4.90 Å². The molecule has 106 valence electrons. The van der Waals surface area contributed by atoms with Gasteiger partial charge < -0.3 is 10.0 Å². The quantitative estimate of drug-likeness (QED) is 0.667. The van der Waals surface area contributed by atoms with Crippen LogP contribution in [0.4, 0.5) is 14.9 Å². The van der Waals surface area contributed by atoms with Gasteiger partial charge in [-0.15, -0.1) is 0 Å². The summed E-state index contributed by atoms with van der Waals surface area (Å²) in [7, 11) is 0. The molecule has 1 heterocycles. The van der Waals surface area contributed by atoms with Gasteiger partial charge in [-0.2, -0.15) is 4.39 Å². The molecule has 1 aromatic rings. The molecule has 0 spiro atoms. The molecule has 0 saturated carbocycles. The van der Waals surface area contributed by atoms with E-state index in [1.807, 2.05) is 0 Å². The number of likely N-dealkylation sites (tertiary alicyclic amines) is 1. The molecule has 0 radical (unpaired) electrons. The number of carboxylic acid groups (broad SMARTS) is 1. The van der Waals surface area contributed by atoms with Gasteiger partial charge >= 0.3 is 11.8 Å². The van der Waals surface area contributed by atoms with Crippen molar-refractivity contribution >= 4 is 17.9 Å².